The second-order valence-electron chi connectivity index (χ2n) is 4.64. The van der Waals surface area contributed by atoms with Gasteiger partial charge in [0.25, 0.3) is 0 Å². The maximum atomic E-state index is 12.6. The summed E-state index contributed by atoms with van der Waals surface area (Å²) in [6.45, 7) is 0.831. The van der Waals surface area contributed by atoms with Gasteiger partial charge in [0.1, 0.15) is 0 Å². The van der Waals surface area contributed by atoms with Gasteiger partial charge in [-0.3, -0.25) is 0 Å². The van der Waals surface area contributed by atoms with Crippen molar-refractivity contribution in [1.29, 1.82) is 5.26 Å². The highest BCUT2D eigenvalue weighted by Crippen LogP contribution is 2.25. The van der Waals surface area contributed by atoms with Gasteiger partial charge in [-0.2, -0.15) is 9.57 Å². The van der Waals surface area contributed by atoms with Gasteiger partial charge in [-0.25, -0.2) is 8.42 Å². The number of sulfonamides is 1. The van der Waals surface area contributed by atoms with Crippen LogP contribution in [0.1, 0.15) is 24.8 Å². The van der Waals surface area contributed by atoms with Crippen molar-refractivity contribution in [2.24, 2.45) is 5.73 Å². The first-order valence-corrected chi connectivity index (χ1v) is 7.75. The summed E-state index contributed by atoms with van der Waals surface area (Å²) < 4.78 is 26.7. The minimum atomic E-state index is -3.55. The highest BCUT2D eigenvalue weighted by molar-refractivity contribution is 7.89. The van der Waals surface area contributed by atoms with Crippen LogP contribution < -0.4 is 5.73 Å². The maximum Gasteiger partial charge on any atom is 0.243 e. The lowest BCUT2D eigenvalue weighted by Crippen LogP contribution is -2.47. The van der Waals surface area contributed by atoms with Crippen LogP contribution in [0.5, 0.6) is 0 Å². The van der Waals surface area contributed by atoms with Gasteiger partial charge in [0, 0.05) is 19.1 Å². The Labute approximate surface area is 113 Å². The molecule has 5 nitrogen and oxygen atoms in total. The summed E-state index contributed by atoms with van der Waals surface area (Å²) in [5.41, 5.74) is 6.02. The third-order valence-corrected chi connectivity index (χ3v) is 5.36. The fraction of sp³-hybridized carbons (Fsp3) is 0.462. The van der Waals surface area contributed by atoms with Crippen molar-refractivity contribution in [3.8, 4) is 6.07 Å². The van der Waals surface area contributed by atoms with Crippen molar-refractivity contribution < 1.29 is 8.42 Å². The van der Waals surface area contributed by atoms with E-state index in [4.69, 9.17) is 11.0 Å². The molecule has 0 spiro atoms. The number of hydrogen-bond donors (Lipinski definition) is 1. The molecule has 1 saturated heterocycles. The Morgan fingerprint density at radius 3 is 2.89 bits per heavy atom. The van der Waals surface area contributed by atoms with E-state index < -0.39 is 10.0 Å². The van der Waals surface area contributed by atoms with Gasteiger partial charge in [0.05, 0.1) is 16.5 Å². The second kappa shape index (κ2) is 5.70. The molecular weight excluding hydrogens is 262 g/mol. The smallest absolute Gasteiger partial charge is 0.243 e. The molecule has 1 atom stereocenters. The van der Waals surface area contributed by atoms with Gasteiger partial charge in [0.2, 0.25) is 10.0 Å². The lowest BCUT2D eigenvalue weighted by molar-refractivity contribution is 0.257. The second-order valence-corrected chi connectivity index (χ2v) is 6.53. The molecule has 0 aliphatic carbocycles. The third-order valence-electron chi connectivity index (χ3n) is 3.41. The van der Waals surface area contributed by atoms with E-state index in [1.165, 1.54) is 16.4 Å². The zero-order valence-electron chi connectivity index (χ0n) is 10.6. The summed E-state index contributed by atoms with van der Waals surface area (Å²) >= 11 is 0. The first-order valence-electron chi connectivity index (χ1n) is 6.31. The number of piperidine rings is 1. The van der Waals surface area contributed by atoms with E-state index in [2.05, 4.69) is 0 Å². The maximum absolute atomic E-state index is 12.6. The van der Waals surface area contributed by atoms with E-state index in [9.17, 15) is 8.42 Å². The largest absolute Gasteiger partial charge is 0.329 e. The fourth-order valence-electron chi connectivity index (χ4n) is 2.39. The van der Waals surface area contributed by atoms with E-state index in [0.717, 1.165) is 19.3 Å². The number of nitriles is 1. The minimum absolute atomic E-state index is 0.135. The lowest BCUT2D eigenvalue weighted by atomic mass is 10.1. The van der Waals surface area contributed by atoms with Crippen molar-refractivity contribution >= 4 is 10.0 Å². The number of rotatable bonds is 3. The van der Waals surface area contributed by atoms with E-state index in [-0.39, 0.29) is 10.9 Å². The Bertz CT molecular complexity index is 592. The summed E-state index contributed by atoms with van der Waals surface area (Å²) in [5.74, 6) is 0. The molecule has 1 heterocycles. The standard InChI is InChI=1S/C13H17N3O2S/c14-9-11-4-3-6-13(8-11)19(17,18)16-7-2-1-5-12(16)10-15/h3-4,6,8,12H,1-2,5,7,10,15H2. The predicted molar refractivity (Wildman–Crippen MR) is 71.7 cm³/mol. The van der Waals surface area contributed by atoms with Gasteiger partial charge in [-0.1, -0.05) is 12.5 Å². The van der Waals surface area contributed by atoms with Crippen LogP contribution in [0, 0.1) is 11.3 Å². The molecular formula is C13H17N3O2S. The molecule has 102 valence electrons. The number of nitrogens with zero attached hydrogens (tertiary/aromatic N) is 2. The number of nitrogens with two attached hydrogens (primary N) is 1. The minimum Gasteiger partial charge on any atom is -0.329 e. The van der Waals surface area contributed by atoms with Crippen LogP contribution in [0.25, 0.3) is 0 Å². The Morgan fingerprint density at radius 1 is 1.42 bits per heavy atom. The molecule has 1 aromatic carbocycles. The molecule has 1 aromatic rings. The van der Waals surface area contributed by atoms with Crippen LogP contribution in [0.3, 0.4) is 0 Å². The Hall–Kier alpha value is -1.42. The molecule has 1 aliphatic heterocycles. The zero-order valence-corrected chi connectivity index (χ0v) is 11.4. The average Bonchev–Trinajstić information content (AvgIpc) is 2.47. The van der Waals surface area contributed by atoms with E-state index in [1.54, 1.807) is 12.1 Å². The molecule has 2 N–H and O–H groups in total. The molecule has 0 bridgehead atoms. The van der Waals surface area contributed by atoms with Crippen molar-refractivity contribution in [2.45, 2.75) is 30.2 Å². The van der Waals surface area contributed by atoms with Crippen molar-refractivity contribution in [3.63, 3.8) is 0 Å². The van der Waals surface area contributed by atoms with Gasteiger partial charge in [-0.05, 0) is 31.0 Å². The summed E-state index contributed by atoms with van der Waals surface area (Å²) in [4.78, 5) is 0.173. The fourth-order valence-corrected chi connectivity index (χ4v) is 4.14. The van der Waals surface area contributed by atoms with Gasteiger partial charge < -0.3 is 5.73 Å². The van der Waals surface area contributed by atoms with E-state index >= 15 is 0 Å². The molecule has 1 aliphatic rings. The highest BCUT2D eigenvalue weighted by Gasteiger charge is 2.32. The summed E-state index contributed by atoms with van der Waals surface area (Å²) in [6.07, 6.45) is 2.66. The Balaban J connectivity index is 2.38. The average molecular weight is 279 g/mol. The molecule has 0 saturated carbocycles. The molecule has 1 fully saturated rings. The first-order chi connectivity index (χ1) is 9.09. The normalized spacial score (nSPS) is 20.9. The quantitative estimate of drug-likeness (QED) is 0.896. The monoisotopic (exact) mass is 279 g/mol. The lowest BCUT2D eigenvalue weighted by Gasteiger charge is -2.33. The van der Waals surface area contributed by atoms with Crippen molar-refractivity contribution in [2.75, 3.05) is 13.1 Å². The molecule has 0 amide bonds. The van der Waals surface area contributed by atoms with Crippen LogP contribution >= 0.6 is 0 Å². The van der Waals surface area contributed by atoms with E-state index in [1.807, 2.05) is 6.07 Å². The highest BCUT2D eigenvalue weighted by atomic mass is 32.2. The van der Waals surface area contributed by atoms with Crippen LogP contribution in [0.2, 0.25) is 0 Å². The van der Waals surface area contributed by atoms with Crippen LogP contribution in [-0.2, 0) is 10.0 Å². The van der Waals surface area contributed by atoms with Gasteiger partial charge in [-0.15, -0.1) is 0 Å². The molecule has 0 radical (unpaired) electrons. The van der Waals surface area contributed by atoms with Gasteiger partial charge in [0.15, 0.2) is 0 Å². The van der Waals surface area contributed by atoms with Crippen LogP contribution in [-0.4, -0.2) is 31.9 Å². The van der Waals surface area contributed by atoms with Gasteiger partial charge >= 0.3 is 0 Å². The zero-order chi connectivity index (χ0) is 13.9. The number of hydrogen-bond acceptors (Lipinski definition) is 4. The molecule has 19 heavy (non-hydrogen) atoms. The summed E-state index contributed by atoms with van der Waals surface area (Å²) in [5, 5.41) is 8.86. The molecule has 1 unspecified atom stereocenters. The molecule has 0 aromatic heterocycles. The summed E-state index contributed by atoms with van der Waals surface area (Å²) in [6, 6.07) is 7.95. The van der Waals surface area contributed by atoms with Crippen LogP contribution in [0.15, 0.2) is 29.2 Å². The Kier molecular flexibility index (Phi) is 4.20. The van der Waals surface area contributed by atoms with Crippen LogP contribution in [0.4, 0.5) is 0 Å². The summed E-state index contributed by atoms with van der Waals surface area (Å²) in [7, 11) is -3.55. The molecule has 6 heteroatoms. The predicted octanol–water partition coefficient (Wildman–Crippen LogP) is 1.06. The van der Waals surface area contributed by atoms with Crippen molar-refractivity contribution in [1.82, 2.24) is 4.31 Å². The SMILES string of the molecule is N#Cc1cccc(S(=O)(=O)N2CCCCC2CN)c1. The third kappa shape index (κ3) is 2.78. The number of benzene rings is 1. The topological polar surface area (TPSA) is 87.2 Å². The Morgan fingerprint density at radius 2 is 2.21 bits per heavy atom. The van der Waals surface area contributed by atoms with Crippen molar-refractivity contribution in [3.05, 3.63) is 29.8 Å². The first kappa shape index (κ1) is 14.0. The molecule has 2 rings (SSSR count). The van der Waals surface area contributed by atoms with E-state index in [0.29, 0.717) is 18.7 Å².